The molecule has 1 aromatic rings. The van der Waals surface area contributed by atoms with Crippen molar-refractivity contribution in [1.29, 1.82) is 0 Å². The van der Waals surface area contributed by atoms with Crippen molar-refractivity contribution in [1.82, 2.24) is 0 Å². The van der Waals surface area contributed by atoms with Crippen LogP contribution in [0.1, 0.15) is 40.2 Å². The minimum Gasteiger partial charge on any atom is -0.400 e. The second-order valence-electron chi connectivity index (χ2n) is 6.87. The van der Waals surface area contributed by atoms with Gasteiger partial charge in [0, 0.05) is 27.7 Å². The van der Waals surface area contributed by atoms with E-state index in [1.165, 1.54) is 13.0 Å². The molecule has 1 heterocycles. The number of hydrogen-bond acceptors (Lipinski definition) is 4. The zero-order chi connectivity index (χ0) is 19.0. The van der Waals surface area contributed by atoms with Crippen LogP contribution in [-0.4, -0.2) is 29.2 Å². The lowest BCUT2D eigenvalue weighted by Gasteiger charge is -2.32. The van der Waals surface area contributed by atoms with Gasteiger partial charge in [0.2, 0.25) is 0 Å². The van der Waals surface area contributed by atoms with Crippen LogP contribution >= 0.6 is 39.3 Å². The third-order valence-electron chi connectivity index (χ3n) is 4.37. The molecule has 1 aliphatic heterocycles. The third-order valence-corrected chi connectivity index (χ3v) is 6.13. The van der Waals surface area contributed by atoms with Gasteiger partial charge < -0.3 is 9.31 Å². The van der Waals surface area contributed by atoms with Crippen molar-refractivity contribution in [2.75, 3.05) is 5.75 Å². The highest BCUT2D eigenvalue weighted by molar-refractivity contribution is 9.10. The van der Waals surface area contributed by atoms with E-state index in [0.717, 1.165) is 11.8 Å². The monoisotopic (exact) mass is 448 g/mol. The van der Waals surface area contributed by atoms with E-state index >= 15 is 0 Å². The molecule has 1 aromatic carbocycles. The molecule has 3 nitrogen and oxygen atoms in total. The number of hydrogen-bond donors (Lipinski definition) is 0. The van der Waals surface area contributed by atoms with E-state index in [2.05, 4.69) is 15.9 Å². The van der Waals surface area contributed by atoms with Gasteiger partial charge in [-0.05, 0) is 45.3 Å². The Labute approximate surface area is 165 Å². The summed E-state index contributed by atoms with van der Waals surface area (Å²) in [5, 5.41) is 0.273. The minimum absolute atomic E-state index is 0.0296. The Hall–Kier alpha value is -0.335. The van der Waals surface area contributed by atoms with E-state index in [4.69, 9.17) is 20.9 Å². The first-order chi connectivity index (χ1) is 11.4. The molecule has 1 fully saturated rings. The van der Waals surface area contributed by atoms with Crippen LogP contribution in [0.15, 0.2) is 22.1 Å². The first-order valence-electron chi connectivity index (χ1n) is 7.77. The summed E-state index contributed by atoms with van der Waals surface area (Å²) in [6, 6.07) is 2.87. The van der Waals surface area contributed by atoms with Crippen LogP contribution in [0.5, 0.6) is 0 Å². The van der Waals surface area contributed by atoms with Gasteiger partial charge in [-0.3, -0.25) is 4.79 Å². The average molecular weight is 450 g/mol. The molecule has 136 valence electrons. The molecule has 0 radical (unpaired) electrons. The van der Waals surface area contributed by atoms with Gasteiger partial charge in [-0.15, -0.1) is 0 Å². The van der Waals surface area contributed by atoms with Gasteiger partial charge >= 0.3 is 7.12 Å². The molecule has 0 aliphatic carbocycles. The maximum atomic E-state index is 14.3. The largest absolute Gasteiger partial charge is 0.491 e. The topological polar surface area (TPSA) is 35.5 Å². The number of benzene rings is 1. The van der Waals surface area contributed by atoms with E-state index < -0.39 is 24.1 Å². The Morgan fingerprint density at radius 3 is 2.36 bits per heavy atom. The molecule has 25 heavy (non-hydrogen) atoms. The Kier molecular flexibility index (Phi) is 6.48. The normalized spacial score (nSPS) is 19.4. The Morgan fingerprint density at radius 1 is 1.32 bits per heavy atom. The zero-order valence-electron chi connectivity index (χ0n) is 14.8. The fourth-order valence-electron chi connectivity index (χ4n) is 2.23. The second-order valence-corrected chi connectivity index (χ2v) is 9.31. The lowest BCUT2D eigenvalue weighted by Crippen LogP contribution is -2.41. The molecule has 8 heteroatoms. The van der Waals surface area contributed by atoms with Crippen LogP contribution in [0.3, 0.4) is 0 Å². The molecule has 0 unspecified atom stereocenters. The van der Waals surface area contributed by atoms with Gasteiger partial charge in [0.05, 0.1) is 11.2 Å². The van der Waals surface area contributed by atoms with Crippen molar-refractivity contribution in [3.63, 3.8) is 0 Å². The van der Waals surface area contributed by atoms with Gasteiger partial charge in [-0.1, -0.05) is 45.4 Å². The van der Waals surface area contributed by atoms with Crippen molar-refractivity contribution in [2.24, 2.45) is 0 Å². The van der Waals surface area contributed by atoms with E-state index in [9.17, 15) is 9.18 Å². The molecule has 0 amide bonds. The summed E-state index contributed by atoms with van der Waals surface area (Å²) in [4.78, 5) is 11.4. The minimum atomic E-state index is -0.654. The molecule has 1 aliphatic rings. The summed E-state index contributed by atoms with van der Waals surface area (Å²) in [5.41, 5.74) is -0.0139. The lowest BCUT2D eigenvalue weighted by atomic mass is 9.78. The highest BCUT2D eigenvalue weighted by atomic mass is 79.9. The van der Waals surface area contributed by atoms with Gasteiger partial charge in [-0.2, -0.15) is 0 Å². The van der Waals surface area contributed by atoms with E-state index in [1.54, 1.807) is 12.1 Å². The van der Waals surface area contributed by atoms with E-state index in [-0.39, 0.29) is 5.12 Å². The average Bonchev–Trinajstić information content (AvgIpc) is 2.65. The van der Waals surface area contributed by atoms with Crippen LogP contribution in [0.25, 0.3) is 6.08 Å². The molecule has 2 rings (SSSR count). The van der Waals surface area contributed by atoms with Crippen molar-refractivity contribution >= 4 is 57.6 Å². The Balaban J connectivity index is 2.42. The van der Waals surface area contributed by atoms with Crippen molar-refractivity contribution < 1.29 is 18.5 Å². The van der Waals surface area contributed by atoms with Crippen molar-refractivity contribution in [3.8, 4) is 0 Å². The number of carbonyl (C=O) groups is 1. The Morgan fingerprint density at radius 2 is 1.88 bits per heavy atom. The third kappa shape index (κ3) is 4.89. The first-order valence-corrected chi connectivity index (χ1v) is 9.92. The van der Waals surface area contributed by atoms with Crippen LogP contribution in [0.4, 0.5) is 4.39 Å². The van der Waals surface area contributed by atoms with E-state index in [1.807, 2.05) is 27.7 Å². The number of thioether (sulfide) groups is 1. The maximum absolute atomic E-state index is 14.3. The van der Waals surface area contributed by atoms with Crippen LogP contribution in [-0.2, 0) is 14.1 Å². The van der Waals surface area contributed by atoms with Crippen molar-refractivity contribution in [2.45, 2.75) is 45.8 Å². The van der Waals surface area contributed by atoms with Gasteiger partial charge in [0.15, 0.2) is 5.12 Å². The van der Waals surface area contributed by atoms with Crippen molar-refractivity contribution in [3.05, 3.63) is 38.5 Å². The standard InChI is InChI=1S/C17H20BBrClFO3S/c1-10(22)25-9-11(18-23-16(2,3)17(4,5)24-18)6-13-14(19)7-12(20)8-15(13)21/h6-8H,9H2,1-5H3. The van der Waals surface area contributed by atoms with Crippen LogP contribution < -0.4 is 0 Å². The molecule has 0 saturated carbocycles. The summed E-state index contributed by atoms with van der Waals surface area (Å²) in [6.07, 6.45) is 1.66. The number of carbonyl (C=O) groups excluding carboxylic acids is 1. The highest BCUT2D eigenvalue weighted by Crippen LogP contribution is 2.40. The summed E-state index contributed by atoms with van der Waals surface area (Å²) in [6.45, 7) is 9.28. The first kappa shape index (κ1) is 21.0. The second kappa shape index (κ2) is 7.73. The fourth-order valence-corrected chi connectivity index (χ4v) is 3.71. The molecule has 0 N–H and O–H groups in total. The predicted molar refractivity (Wildman–Crippen MR) is 106 cm³/mol. The summed E-state index contributed by atoms with van der Waals surface area (Å²) >= 11 is 10.3. The SMILES string of the molecule is CC(=O)SCC(=Cc1c(F)cc(Cl)cc1Br)B1OC(C)(C)C(C)(C)O1. The molecule has 0 bridgehead atoms. The Bertz CT molecular complexity index is 685. The summed E-state index contributed by atoms with van der Waals surface area (Å²) in [7, 11) is -0.654. The molecular weight excluding hydrogens is 429 g/mol. The summed E-state index contributed by atoms with van der Waals surface area (Å²) < 4.78 is 27.0. The quantitative estimate of drug-likeness (QED) is 0.566. The molecule has 0 spiro atoms. The van der Waals surface area contributed by atoms with Crippen LogP contribution in [0.2, 0.25) is 5.02 Å². The van der Waals surface area contributed by atoms with Gasteiger partial charge in [0.1, 0.15) is 5.82 Å². The smallest absolute Gasteiger partial charge is 0.400 e. The zero-order valence-corrected chi connectivity index (χ0v) is 17.9. The summed E-state index contributed by atoms with van der Waals surface area (Å²) in [5.74, 6) is -0.109. The van der Waals surface area contributed by atoms with Gasteiger partial charge in [0.25, 0.3) is 0 Å². The lowest BCUT2D eigenvalue weighted by molar-refractivity contribution is -0.109. The molecular formula is C17H20BBrClFO3S. The van der Waals surface area contributed by atoms with Crippen LogP contribution in [0, 0.1) is 5.82 Å². The maximum Gasteiger partial charge on any atom is 0.491 e. The fraction of sp³-hybridized carbons (Fsp3) is 0.471. The number of rotatable bonds is 4. The van der Waals surface area contributed by atoms with Gasteiger partial charge in [-0.25, -0.2) is 4.39 Å². The molecule has 1 saturated heterocycles. The highest BCUT2D eigenvalue weighted by Gasteiger charge is 2.52. The van der Waals surface area contributed by atoms with E-state index in [0.29, 0.717) is 26.3 Å². The predicted octanol–water partition coefficient (Wildman–Crippen LogP) is 5.54. The molecule has 0 atom stereocenters. The number of halogens is 3. The molecule has 0 aromatic heterocycles.